The number of amides is 2. The summed E-state index contributed by atoms with van der Waals surface area (Å²) in [4.78, 5) is 29.4. The molecule has 3 aromatic carbocycles. The standard InChI is InChI=1S/C26H19ClF2N4O2S/c27-17-5-1-16(2-6-17)22-13-21(15-3-7-18(28)8-4-15)32-33(22)26-31-25(35)23(36-26)14-24(34)30-20-11-9-19(29)10-12-20/h1-12,22-23H,13-14H2,(H,30,34)/t22-,23+/m1/s1. The van der Waals surface area contributed by atoms with E-state index in [0.717, 1.165) is 16.8 Å². The predicted molar refractivity (Wildman–Crippen MR) is 137 cm³/mol. The molecular weight excluding hydrogens is 506 g/mol. The van der Waals surface area contributed by atoms with Crippen molar-refractivity contribution in [2.75, 3.05) is 5.32 Å². The summed E-state index contributed by atoms with van der Waals surface area (Å²) in [5.74, 6) is -1.56. The SMILES string of the molecule is O=C(C[C@@H]1SC(N2N=C(c3ccc(F)cc3)C[C@@H]2c2ccc(Cl)cc2)=NC1=O)Nc1ccc(F)cc1. The van der Waals surface area contributed by atoms with Gasteiger partial charge in [0, 0.05) is 23.6 Å². The fourth-order valence-electron chi connectivity index (χ4n) is 3.97. The third kappa shape index (κ3) is 5.32. The Hall–Kier alpha value is -3.56. The van der Waals surface area contributed by atoms with Crippen molar-refractivity contribution in [2.24, 2.45) is 10.1 Å². The van der Waals surface area contributed by atoms with E-state index in [0.29, 0.717) is 22.3 Å². The molecule has 2 atom stereocenters. The minimum atomic E-state index is -0.712. The number of nitrogens with zero attached hydrogens (tertiary/aromatic N) is 3. The van der Waals surface area contributed by atoms with Crippen molar-refractivity contribution in [2.45, 2.75) is 24.1 Å². The van der Waals surface area contributed by atoms with Gasteiger partial charge in [0.25, 0.3) is 5.91 Å². The van der Waals surface area contributed by atoms with Crippen LogP contribution >= 0.6 is 23.4 Å². The highest BCUT2D eigenvalue weighted by atomic mass is 35.5. The molecule has 2 amide bonds. The summed E-state index contributed by atoms with van der Waals surface area (Å²) in [5.41, 5.74) is 2.86. The third-order valence-electron chi connectivity index (χ3n) is 5.77. The van der Waals surface area contributed by atoms with Crippen molar-refractivity contribution < 1.29 is 18.4 Å². The van der Waals surface area contributed by atoms with E-state index in [2.05, 4.69) is 10.3 Å². The van der Waals surface area contributed by atoms with E-state index in [1.807, 2.05) is 12.1 Å². The van der Waals surface area contributed by atoms with E-state index in [-0.39, 0.29) is 24.2 Å². The van der Waals surface area contributed by atoms with Crippen LogP contribution in [0.4, 0.5) is 14.5 Å². The monoisotopic (exact) mass is 524 g/mol. The van der Waals surface area contributed by atoms with E-state index in [1.165, 1.54) is 48.2 Å². The summed E-state index contributed by atoms with van der Waals surface area (Å²) >= 11 is 7.24. The van der Waals surface area contributed by atoms with E-state index < -0.39 is 17.0 Å². The van der Waals surface area contributed by atoms with Gasteiger partial charge in [-0.05, 0) is 59.7 Å². The molecule has 0 bridgehead atoms. The van der Waals surface area contributed by atoms with Crippen molar-refractivity contribution in [1.82, 2.24) is 5.01 Å². The van der Waals surface area contributed by atoms with E-state index in [1.54, 1.807) is 29.3 Å². The molecule has 1 N–H and O–H groups in total. The van der Waals surface area contributed by atoms with E-state index >= 15 is 0 Å². The second-order valence-electron chi connectivity index (χ2n) is 8.27. The largest absolute Gasteiger partial charge is 0.326 e. The Kier molecular flexibility index (Phi) is 6.84. The van der Waals surface area contributed by atoms with Crippen LogP contribution in [0.25, 0.3) is 0 Å². The number of nitrogens with one attached hydrogen (secondary N) is 1. The van der Waals surface area contributed by atoms with Gasteiger partial charge in [-0.1, -0.05) is 47.6 Å². The predicted octanol–water partition coefficient (Wildman–Crippen LogP) is 5.80. The zero-order chi connectivity index (χ0) is 25.2. The van der Waals surface area contributed by atoms with Crippen molar-refractivity contribution in [3.63, 3.8) is 0 Å². The van der Waals surface area contributed by atoms with Crippen LogP contribution in [0.15, 0.2) is 82.9 Å². The van der Waals surface area contributed by atoms with Crippen LogP contribution in [0.2, 0.25) is 5.02 Å². The molecule has 10 heteroatoms. The zero-order valence-electron chi connectivity index (χ0n) is 18.7. The Morgan fingerprint density at radius 1 is 1.00 bits per heavy atom. The van der Waals surface area contributed by atoms with E-state index in [9.17, 15) is 18.4 Å². The van der Waals surface area contributed by atoms with Gasteiger partial charge in [-0.3, -0.25) is 9.59 Å². The molecule has 0 aliphatic carbocycles. The lowest BCUT2D eigenvalue weighted by Gasteiger charge is -2.23. The average molecular weight is 525 g/mol. The maximum atomic E-state index is 13.4. The molecule has 5 rings (SSSR count). The summed E-state index contributed by atoms with van der Waals surface area (Å²) in [6.45, 7) is 0. The van der Waals surface area contributed by atoms with E-state index in [4.69, 9.17) is 16.7 Å². The molecule has 0 saturated heterocycles. The Morgan fingerprint density at radius 3 is 2.31 bits per heavy atom. The first-order valence-corrected chi connectivity index (χ1v) is 12.3. The molecule has 0 saturated carbocycles. The first kappa shape index (κ1) is 24.1. The molecular formula is C26H19ClF2N4O2S. The van der Waals surface area contributed by atoms with Gasteiger partial charge in [0.05, 0.1) is 11.8 Å². The lowest BCUT2D eigenvalue weighted by Crippen LogP contribution is -2.25. The van der Waals surface area contributed by atoms with Gasteiger partial charge in [0.1, 0.15) is 16.9 Å². The summed E-state index contributed by atoms with van der Waals surface area (Å²) in [6, 6.07) is 18.5. The second kappa shape index (κ2) is 10.2. The fraction of sp³-hybridized carbons (Fsp3) is 0.154. The molecule has 182 valence electrons. The quantitative estimate of drug-likeness (QED) is 0.458. The number of aliphatic imine (C=N–C) groups is 1. The molecule has 0 aromatic heterocycles. The molecule has 36 heavy (non-hydrogen) atoms. The van der Waals surface area contributed by atoms with Gasteiger partial charge in [-0.25, -0.2) is 13.8 Å². The highest BCUT2D eigenvalue weighted by Gasteiger charge is 2.39. The minimum absolute atomic E-state index is 0.0954. The first-order chi connectivity index (χ1) is 17.4. The number of anilines is 1. The van der Waals surface area contributed by atoms with Crippen LogP contribution < -0.4 is 5.32 Å². The number of halogens is 3. The Labute approximate surface area is 215 Å². The number of hydrazone groups is 1. The molecule has 6 nitrogen and oxygen atoms in total. The van der Waals surface area contributed by atoms with Gasteiger partial charge >= 0.3 is 0 Å². The van der Waals surface area contributed by atoms with Crippen LogP contribution in [0.5, 0.6) is 0 Å². The first-order valence-electron chi connectivity index (χ1n) is 11.1. The molecule has 0 spiro atoms. The van der Waals surface area contributed by atoms with Gasteiger partial charge < -0.3 is 5.32 Å². The van der Waals surface area contributed by atoms with Gasteiger partial charge in [0.15, 0.2) is 5.17 Å². The van der Waals surface area contributed by atoms with Crippen LogP contribution in [-0.4, -0.2) is 33.0 Å². The lowest BCUT2D eigenvalue weighted by molar-refractivity contribution is -0.121. The number of carbonyl (C=O) groups excluding carboxylic acids is 2. The van der Waals surface area contributed by atoms with Crippen LogP contribution in [0, 0.1) is 11.6 Å². The number of benzene rings is 3. The van der Waals surface area contributed by atoms with Crippen molar-refractivity contribution in [1.29, 1.82) is 0 Å². The molecule has 2 aliphatic heterocycles. The maximum Gasteiger partial charge on any atom is 0.262 e. The van der Waals surface area contributed by atoms with Crippen LogP contribution in [0.3, 0.4) is 0 Å². The normalized spacial score (nSPS) is 19.3. The lowest BCUT2D eigenvalue weighted by atomic mass is 9.99. The molecule has 0 fully saturated rings. The third-order valence-corrected chi connectivity index (χ3v) is 7.16. The smallest absolute Gasteiger partial charge is 0.262 e. The summed E-state index contributed by atoms with van der Waals surface area (Å²) in [6.07, 6.45) is 0.415. The maximum absolute atomic E-state index is 13.4. The summed E-state index contributed by atoms with van der Waals surface area (Å²) in [7, 11) is 0. The molecule has 3 aromatic rings. The Morgan fingerprint density at radius 2 is 1.64 bits per heavy atom. The summed E-state index contributed by atoms with van der Waals surface area (Å²) in [5, 5.41) is 9.35. The number of hydrogen-bond donors (Lipinski definition) is 1. The molecule has 0 unspecified atom stereocenters. The highest BCUT2D eigenvalue weighted by molar-refractivity contribution is 8.15. The van der Waals surface area contributed by atoms with Gasteiger partial charge in [-0.15, -0.1) is 0 Å². The number of hydrogen-bond acceptors (Lipinski definition) is 5. The fourth-order valence-corrected chi connectivity index (χ4v) is 5.15. The van der Waals surface area contributed by atoms with Crippen molar-refractivity contribution >= 4 is 51.7 Å². The zero-order valence-corrected chi connectivity index (χ0v) is 20.3. The number of thioether (sulfide) groups is 1. The van der Waals surface area contributed by atoms with Crippen LogP contribution in [-0.2, 0) is 9.59 Å². The Balaban J connectivity index is 1.35. The topological polar surface area (TPSA) is 74.1 Å². The molecule has 2 aliphatic rings. The second-order valence-corrected chi connectivity index (χ2v) is 9.87. The van der Waals surface area contributed by atoms with Crippen molar-refractivity contribution in [3.05, 3.63) is 101 Å². The number of rotatable bonds is 5. The number of amidine groups is 1. The molecule has 0 radical (unpaired) electrons. The Bertz CT molecular complexity index is 1360. The number of carbonyl (C=O) groups is 2. The van der Waals surface area contributed by atoms with Gasteiger partial charge in [0.2, 0.25) is 5.91 Å². The average Bonchev–Trinajstić information content (AvgIpc) is 3.45. The minimum Gasteiger partial charge on any atom is -0.326 e. The van der Waals surface area contributed by atoms with Crippen LogP contribution in [0.1, 0.15) is 30.0 Å². The summed E-state index contributed by atoms with van der Waals surface area (Å²) < 4.78 is 26.6. The van der Waals surface area contributed by atoms with Gasteiger partial charge in [-0.2, -0.15) is 10.1 Å². The molecule has 2 heterocycles. The highest BCUT2D eigenvalue weighted by Crippen LogP contribution is 2.39. The van der Waals surface area contributed by atoms with Crippen molar-refractivity contribution in [3.8, 4) is 0 Å².